The minimum atomic E-state index is -0.573. The third-order valence-electron chi connectivity index (χ3n) is 3.43. The van der Waals surface area contributed by atoms with Crippen molar-refractivity contribution in [3.63, 3.8) is 0 Å². The molecule has 0 fully saturated rings. The topological polar surface area (TPSA) is 82.4 Å². The highest BCUT2D eigenvalue weighted by atomic mass is 16.5. The van der Waals surface area contributed by atoms with Crippen molar-refractivity contribution in [2.75, 3.05) is 19.0 Å². The quantitative estimate of drug-likeness (QED) is 0.510. The summed E-state index contributed by atoms with van der Waals surface area (Å²) in [6, 6.07) is 8.40. The number of amides is 1. The van der Waals surface area contributed by atoms with Crippen molar-refractivity contribution in [3.05, 3.63) is 41.6 Å². The molecule has 0 bridgehead atoms. The Kier molecular flexibility index (Phi) is 6.54. The highest BCUT2D eigenvalue weighted by Gasteiger charge is 2.20. The maximum Gasteiger partial charge on any atom is 0.339 e. The predicted octanol–water partition coefficient (Wildman–Crippen LogP) is 2.94. The van der Waals surface area contributed by atoms with E-state index in [1.807, 2.05) is 38.7 Å². The van der Waals surface area contributed by atoms with Gasteiger partial charge in [-0.25, -0.2) is 4.79 Å². The molecule has 0 aliphatic rings. The van der Waals surface area contributed by atoms with E-state index >= 15 is 0 Å². The number of para-hydroxylation sites is 1. The van der Waals surface area contributed by atoms with Crippen LogP contribution in [-0.4, -0.2) is 36.0 Å². The molecule has 0 saturated heterocycles. The summed E-state index contributed by atoms with van der Waals surface area (Å²) in [5.41, 5.74) is 0.274. The van der Waals surface area contributed by atoms with Crippen LogP contribution in [0.4, 0.5) is 5.69 Å². The molecule has 128 valence electrons. The van der Waals surface area contributed by atoms with Crippen LogP contribution in [0.1, 0.15) is 38.1 Å². The molecular formula is C18H23N3O3. The Labute approximate surface area is 142 Å². The number of nitriles is 1. The van der Waals surface area contributed by atoms with Gasteiger partial charge in [0.2, 0.25) is 0 Å². The Morgan fingerprint density at radius 2 is 1.96 bits per heavy atom. The van der Waals surface area contributed by atoms with Crippen molar-refractivity contribution in [2.45, 2.75) is 33.2 Å². The van der Waals surface area contributed by atoms with Crippen LogP contribution in [0.15, 0.2) is 36.0 Å². The van der Waals surface area contributed by atoms with E-state index < -0.39 is 11.9 Å². The Morgan fingerprint density at radius 3 is 2.46 bits per heavy atom. The highest BCUT2D eigenvalue weighted by Crippen LogP contribution is 2.18. The number of methoxy groups -OCH3 is 1. The molecule has 0 radical (unpaired) electrons. The minimum absolute atomic E-state index is 0.0357. The first-order chi connectivity index (χ1) is 11.2. The van der Waals surface area contributed by atoms with E-state index in [1.54, 1.807) is 24.3 Å². The number of hydrogen-bond donors (Lipinski definition) is 1. The molecule has 0 aliphatic heterocycles. The Bertz CT molecular complexity index is 681. The molecule has 0 aliphatic carbocycles. The molecule has 24 heavy (non-hydrogen) atoms. The zero-order valence-corrected chi connectivity index (χ0v) is 14.7. The molecular weight excluding hydrogens is 306 g/mol. The van der Waals surface area contributed by atoms with Gasteiger partial charge < -0.3 is 15.0 Å². The lowest BCUT2D eigenvalue weighted by molar-refractivity contribution is -0.112. The van der Waals surface area contributed by atoms with Gasteiger partial charge in [-0.15, -0.1) is 0 Å². The van der Waals surface area contributed by atoms with Crippen LogP contribution in [0.25, 0.3) is 0 Å². The van der Waals surface area contributed by atoms with Crippen LogP contribution in [0.3, 0.4) is 0 Å². The second-order valence-electron chi connectivity index (χ2n) is 6.10. The van der Waals surface area contributed by atoms with Crippen LogP contribution < -0.4 is 5.32 Å². The fourth-order valence-corrected chi connectivity index (χ4v) is 2.12. The zero-order chi connectivity index (χ0) is 18.3. The van der Waals surface area contributed by atoms with Gasteiger partial charge in [-0.3, -0.25) is 4.79 Å². The molecule has 1 aromatic carbocycles. The van der Waals surface area contributed by atoms with E-state index in [2.05, 4.69) is 5.32 Å². The van der Waals surface area contributed by atoms with E-state index in [9.17, 15) is 14.9 Å². The number of hydrogen-bond acceptors (Lipinski definition) is 5. The van der Waals surface area contributed by atoms with E-state index in [4.69, 9.17) is 4.74 Å². The number of esters is 1. The van der Waals surface area contributed by atoms with Crippen LogP contribution in [0, 0.1) is 11.3 Å². The lowest BCUT2D eigenvalue weighted by atomic mass is 10.1. The van der Waals surface area contributed by atoms with Crippen molar-refractivity contribution in [2.24, 2.45) is 0 Å². The molecule has 1 rings (SSSR count). The molecule has 6 nitrogen and oxygen atoms in total. The van der Waals surface area contributed by atoms with Gasteiger partial charge in [0.25, 0.3) is 5.91 Å². The first-order valence-corrected chi connectivity index (χ1v) is 7.62. The Morgan fingerprint density at radius 1 is 1.33 bits per heavy atom. The molecule has 0 aromatic heterocycles. The van der Waals surface area contributed by atoms with Gasteiger partial charge in [0.1, 0.15) is 11.6 Å². The number of ether oxygens (including phenoxy) is 1. The molecule has 1 N–H and O–H groups in total. The van der Waals surface area contributed by atoms with Crippen molar-refractivity contribution < 1.29 is 14.3 Å². The second kappa shape index (κ2) is 8.16. The Hall–Kier alpha value is -2.81. The van der Waals surface area contributed by atoms with Gasteiger partial charge in [0.05, 0.1) is 18.4 Å². The number of rotatable bonds is 5. The standard InChI is InChI=1S/C18H23N3O3/c1-6-21(18(2,3)4)12-13(11-19)16(22)20-15-10-8-7-9-14(15)17(23)24-5/h7-10,12H,6H2,1-5H3,(H,20,22)/b13-12-. The number of carbonyl (C=O) groups is 2. The molecule has 0 heterocycles. The first-order valence-electron chi connectivity index (χ1n) is 7.62. The fraction of sp³-hybridized carbons (Fsp3) is 0.389. The number of benzene rings is 1. The van der Waals surface area contributed by atoms with Gasteiger partial charge in [-0.05, 0) is 39.8 Å². The molecule has 6 heteroatoms. The van der Waals surface area contributed by atoms with Crippen molar-refractivity contribution in [1.29, 1.82) is 5.26 Å². The van der Waals surface area contributed by atoms with Crippen molar-refractivity contribution >= 4 is 17.6 Å². The average molecular weight is 329 g/mol. The third kappa shape index (κ3) is 4.85. The normalized spacial score (nSPS) is 11.4. The fourth-order valence-electron chi connectivity index (χ4n) is 2.12. The minimum Gasteiger partial charge on any atom is -0.465 e. The van der Waals surface area contributed by atoms with Gasteiger partial charge >= 0.3 is 5.97 Å². The van der Waals surface area contributed by atoms with E-state index in [0.29, 0.717) is 12.2 Å². The summed E-state index contributed by atoms with van der Waals surface area (Å²) in [7, 11) is 1.27. The molecule has 0 saturated carbocycles. The van der Waals surface area contributed by atoms with Crippen molar-refractivity contribution in [3.8, 4) is 6.07 Å². The van der Waals surface area contributed by atoms with E-state index in [1.165, 1.54) is 13.3 Å². The van der Waals surface area contributed by atoms with Crippen LogP contribution >= 0.6 is 0 Å². The molecule has 0 unspecified atom stereocenters. The van der Waals surface area contributed by atoms with Crippen molar-refractivity contribution in [1.82, 2.24) is 4.90 Å². The van der Waals surface area contributed by atoms with Gasteiger partial charge in [-0.2, -0.15) is 5.26 Å². The first kappa shape index (κ1) is 19.2. The summed E-state index contributed by atoms with van der Waals surface area (Å²) in [5.74, 6) is -1.13. The SMILES string of the molecule is CCN(/C=C(/C#N)C(=O)Nc1ccccc1C(=O)OC)C(C)(C)C. The largest absolute Gasteiger partial charge is 0.465 e. The van der Waals surface area contributed by atoms with Gasteiger partial charge in [0.15, 0.2) is 0 Å². The number of anilines is 1. The summed E-state index contributed by atoms with van der Waals surface area (Å²) in [4.78, 5) is 26.1. The second-order valence-corrected chi connectivity index (χ2v) is 6.10. The molecule has 0 atom stereocenters. The lowest BCUT2D eigenvalue weighted by Crippen LogP contribution is -2.37. The number of nitrogens with zero attached hydrogens (tertiary/aromatic N) is 2. The van der Waals surface area contributed by atoms with Gasteiger partial charge in [-0.1, -0.05) is 12.1 Å². The lowest BCUT2D eigenvalue weighted by Gasteiger charge is -2.33. The van der Waals surface area contributed by atoms with Gasteiger partial charge in [0, 0.05) is 18.3 Å². The van der Waals surface area contributed by atoms with Crippen LogP contribution in [0.5, 0.6) is 0 Å². The molecule has 1 amide bonds. The Balaban J connectivity index is 3.10. The summed E-state index contributed by atoms with van der Waals surface area (Å²) in [6.07, 6.45) is 1.54. The predicted molar refractivity (Wildman–Crippen MR) is 92.2 cm³/mol. The summed E-state index contributed by atoms with van der Waals surface area (Å²) in [5, 5.41) is 11.9. The molecule has 0 spiro atoms. The van der Waals surface area contributed by atoms with Crippen LogP contribution in [0.2, 0.25) is 0 Å². The summed E-state index contributed by atoms with van der Waals surface area (Å²) in [6.45, 7) is 8.58. The van der Waals surface area contributed by atoms with E-state index in [0.717, 1.165) is 0 Å². The number of nitrogens with one attached hydrogen (secondary N) is 1. The highest BCUT2D eigenvalue weighted by molar-refractivity contribution is 6.09. The van der Waals surface area contributed by atoms with Crippen LogP contribution in [-0.2, 0) is 9.53 Å². The summed E-state index contributed by atoms with van der Waals surface area (Å²) >= 11 is 0. The van der Waals surface area contributed by atoms with E-state index in [-0.39, 0.29) is 16.7 Å². The molecule has 1 aromatic rings. The smallest absolute Gasteiger partial charge is 0.339 e. The number of carbonyl (C=O) groups excluding carboxylic acids is 2. The average Bonchev–Trinajstić information content (AvgIpc) is 2.54. The summed E-state index contributed by atoms with van der Waals surface area (Å²) < 4.78 is 4.69. The maximum absolute atomic E-state index is 12.4. The zero-order valence-electron chi connectivity index (χ0n) is 14.7. The third-order valence-corrected chi connectivity index (χ3v) is 3.43. The monoisotopic (exact) mass is 329 g/mol. The maximum atomic E-state index is 12.4.